The maximum absolute atomic E-state index is 12.3. The number of rotatable bonds is 7. The lowest BCUT2D eigenvalue weighted by Gasteiger charge is -2.29. The van der Waals surface area contributed by atoms with Crippen molar-refractivity contribution in [3.8, 4) is 0 Å². The second-order valence-corrected chi connectivity index (χ2v) is 7.21. The number of aromatic nitrogens is 2. The summed E-state index contributed by atoms with van der Waals surface area (Å²) < 4.78 is 29.1. The Labute approximate surface area is 126 Å². The zero-order valence-electron chi connectivity index (χ0n) is 12.7. The molecule has 7 nitrogen and oxygen atoms in total. The number of likely N-dealkylation sites (tertiary alicyclic amines) is 1. The van der Waals surface area contributed by atoms with Crippen LogP contribution in [0.3, 0.4) is 0 Å². The molecule has 1 saturated heterocycles. The highest BCUT2D eigenvalue weighted by molar-refractivity contribution is 7.89. The Hall–Kier alpha value is -0.960. The SMILES string of the molecule is CCNCCn1cc(S(=O)(=O)NC2CCN(C)CC2)cn1. The summed E-state index contributed by atoms with van der Waals surface area (Å²) in [5.41, 5.74) is 0. The molecular formula is C13H25N5O2S. The van der Waals surface area contributed by atoms with E-state index in [-0.39, 0.29) is 10.9 Å². The summed E-state index contributed by atoms with van der Waals surface area (Å²) in [5.74, 6) is 0. The topological polar surface area (TPSA) is 79.3 Å². The van der Waals surface area contributed by atoms with Crippen molar-refractivity contribution in [1.82, 2.24) is 24.7 Å². The highest BCUT2D eigenvalue weighted by Gasteiger charge is 2.24. The summed E-state index contributed by atoms with van der Waals surface area (Å²) in [6, 6.07) is 0.0244. The van der Waals surface area contributed by atoms with Crippen molar-refractivity contribution in [1.29, 1.82) is 0 Å². The van der Waals surface area contributed by atoms with Crippen molar-refractivity contribution in [2.75, 3.05) is 33.2 Å². The number of nitrogens with zero attached hydrogens (tertiary/aromatic N) is 3. The molecule has 21 heavy (non-hydrogen) atoms. The van der Waals surface area contributed by atoms with Crippen molar-refractivity contribution in [2.24, 2.45) is 0 Å². The van der Waals surface area contributed by atoms with Crippen LogP contribution in [-0.2, 0) is 16.6 Å². The van der Waals surface area contributed by atoms with E-state index in [1.54, 1.807) is 10.9 Å². The molecule has 0 amide bonds. The Morgan fingerprint density at radius 3 is 2.76 bits per heavy atom. The van der Waals surface area contributed by atoms with Gasteiger partial charge in [0.2, 0.25) is 10.0 Å². The zero-order valence-corrected chi connectivity index (χ0v) is 13.6. The fourth-order valence-electron chi connectivity index (χ4n) is 2.39. The summed E-state index contributed by atoms with van der Waals surface area (Å²) in [5, 5.41) is 7.29. The molecule has 0 bridgehead atoms. The van der Waals surface area contributed by atoms with E-state index >= 15 is 0 Å². The molecule has 1 aromatic heterocycles. The summed E-state index contributed by atoms with van der Waals surface area (Å²) in [6.07, 6.45) is 4.71. The first-order valence-corrected chi connectivity index (χ1v) is 8.93. The first kappa shape index (κ1) is 16.4. The highest BCUT2D eigenvalue weighted by Crippen LogP contribution is 2.13. The van der Waals surface area contributed by atoms with Crippen molar-refractivity contribution < 1.29 is 8.42 Å². The van der Waals surface area contributed by atoms with Crippen LogP contribution in [0.1, 0.15) is 19.8 Å². The minimum atomic E-state index is -3.46. The third-order valence-corrected chi connectivity index (χ3v) is 5.20. The fraction of sp³-hybridized carbons (Fsp3) is 0.769. The molecule has 0 aromatic carbocycles. The van der Waals surface area contributed by atoms with Crippen LogP contribution in [0, 0.1) is 0 Å². The van der Waals surface area contributed by atoms with Gasteiger partial charge in [0.05, 0.1) is 12.7 Å². The summed E-state index contributed by atoms with van der Waals surface area (Å²) in [6.45, 7) is 6.22. The molecular weight excluding hydrogens is 290 g/mol. The van der Waals surface area contributed by atoms with Crippen LogP contribution < -0.4 is 10.0 Å². The number of sulfonamides is 1. The lowest BCUT2D eigenvalue weighted by Crippen LogP contribution is -2.43. The molecule has 0 atom stereocenters. The molecule has 0 aliphatic carbocycles. The van der Waals surface area contributed by atoms with Crippen LogP contribution in [0.2, 0.25) is 0 Å². The number of likely N-dealkylation sites (N-methyl/N-ethyl adjacent to an activating group) is 1. The molecule has 0 spiro atoms. The number of piperidine rings is 1. The Balaban J connectivity index is 1.93. The average molecular weight is 315 g/mol. The summed E-state index contributed by atoms with van der Waals surface area (Å²) in [7, 11) is -1.40. The van der Waals surface area contributed by atoms with Gasteiger partial charge in [0.1, 0.15) is 4.90 Å². The zero-order chi connectivity index (χ0) is 15.3. The van der Waals surface area contributed by atoms with Gasteiger partial charge in [-0.1, -0.05) is 6.92 Å². The lowest BCUT2D eigenvalue weighted by molar-refractivity contribution is 0.248. The van der Waals surface area contributed by atoms with Crippen LogP contribution in [0.5, 0.6) is 0 Å². The van der Waals surface area contributed by atoms with Gasteiger partial charge in [-0.2, -0.15) is 5.10 Å². The predicted octanol–water partition coefficient (Wildman–Crippen LogP) is -0.135. The fourth-order valence-corrected chi connectivity index (χ4v) is 3.65. The van der Waals surface area contributed by atoms with E-state index in [9.17, 15) is 8.42 Å². The van der Waals surface area contributed by atoms with E-state index in [0.29, 0.717) is 6.54 Å². The van der Waals surface area contributed by atoms with E-state index in [1.807, 2.05) is 6.92 Å². The van der Waals surface area contributed by atoms with Gasteiger partial charge < -0.3 is 10.2 Å². The van der Waals surface area contributed by atoms with Crippen molar-refractivity contribution in [3.63, 3.8) is 0 Å². The second-order valence-electron chi connectivity index (χ2n) is 5.49. The molecule has 1 fully saturated rings. The lowest BCUT2D eigenvalue weighted by atomic mass is 10.1. The van der Waals surface area contributed by atoms with Gasteiger partial charge >= 0.3 is 0 Å². The highest BCUT2D eigenvalue weighted by atomic mass is 32.2. The first-order chi connectivity index (χ1) is 10.0. The van der Waals surface area contributed by atoms with Gasteiger partial charge in [-0.25, -0.2) is 13.1 Å². The predicted molar refractivity (Wildman–Crippen MR) is 81.6 cm³/mol. The molecule has 1 aliphatic rings. The standard InChI is InChI=1S/C13H25N5O2S/c1-3-14-6-9-18-11-13(10-15-18)21(19,20)16-12-4-7-17(2)8-5-12/h10-12,14,16H,3-9H2,1-2H3. The van der Waals surface area contributed by atoms with Crippen molar-refractivity contribution >= 4 is 10.0 Å². The number of nitrogens with one attached hydrogen (secondary N) is 2. The van der Waals surface area contributed by atoms with Crippen LogP contribution in [-0.4, -0.2) is 62.4 Å². The average Bonchev–Trinajstić information content (AvgIpc) is 2.91. The number of hydrogen-bond donors (Lipinski definition) is 2. The maximum atomic E-state index is 12.3. The molecule has 1 aromatic rings. The van der Waals surface area contributed by atoms with Gasteiger partial charge in [0.15, 0.2) is 0 Å². The second kappa shape index (κ2) is 7.35. The molecule has 120 valence electrons. The minimum Gasteiger partial charge on any atom is -0.315 e. The molecule has 0 unspecified atom stereocenters. The Bertz CT molecular complexity index is 535. The van der Waals surface area contributed by atoms with E-state index in [0.717, 1.165) is 39.0 Å². The third-order valence-electron chi connectivity index (χ3n) is 3.73. The van der Waals surface area contributed by atoms with E-state index in [1.165, 1.54) is 6.20 Å². The Kier molecular flexibility index (Phi) is 5.74. The van der Waals surface area contributed by atoms with Crippen LogP contribution in [0.4, 0.5) is 0 Å². The van der Waals surface area contributed by atoms with Gasteiger partial charge in [0, 0.05) is 18.8 Å². The smallest absolute Gasteiger partial charge is 0.243 e. The van der Waals surface area contributed by atoms with E-state index < -0.39 is 10.0 Å². The molecule has 1 aliphatic heterocycles. The van der Waals surface area contributed by atoms with Crippen molar-refractivity contribution in [3.05, 3.63) is 12.4 Å². The van der Waals surface area contributed by atoms with Gasteiger partial charge in [-0.05, 0) is 39.5 Å². The molecule has 2 rings (SSSR count). The molecule has 2 heterocycles. The first-order valence-electron chi connectivity index (χ1n) is 7.45. The minimum absolute atomic E-state index is 0.0244. The summed E-state index contributed by atoms with van der Waals surface area (Å²) >= 11 is 0. The molecule has 2 N–H and O–H groups in total. The summed E-state index contributed by atoms with van der Waals surface area (Å²) in [4.78, 5) is 2.46. The monoisotopic (exact) mass is 315 g/mol. The normalized spacial score (nSPS) is 18.2. The van der Waals surface area contributed by atoms with Crippen LogP contribution in [0.25, 0.3) is 0 Å². The van der Waals surface area contributed by atoms with Crippen LogP contribution >= 0.6 is 0 Å². The number of hydrogen-bond acceptors (Lipinski definition) is 5. The van der Waals surface area contributed by atoms with E-state index in [4.69, 9.17) is 0 Å². The molecule has 0 saturated carbocycles. The van der Waals surface area contributed by atoms with Gasteiger partial charge in [-0.15, -0.1) is 0 Å². The molecule has 8 heteroatoms. The van der Waals surface area contributed by atoms with Crippen molar-refractivity contribution in [2.45, 2.75) is 37.2 Å². The Morgan fingerprint density at radius 2 is 2.10 bits per heavy atom. The third kappa shape index (κ3) is 4.77. The maximum Gasteiger partial charge on any atom is 0.243 e. The largest absolute Gasteiger partial charge is 0.315 e. The van der Waals surface area contributed by atoms with Crippen LogP contribution in [0.15, 0.2) is 17.3 Å². The van der Waals surface area contributed by atoms with Gasteiger partial charge in [0.25, 0.3) is 0 Å². The van der Waals surface area contributed by atoms with Gasteiger partial charge in [-0.3, -0.25) is 4.68 Å². The Morgan fingerprint density at radius 1 is 1.38 bits per heavy atom. The molecule has 0 radical (unpaired) electrons. The quantitative estimate of drug-likeness (QED) is 0.685. The van der Waals surface area contributed by atoms with E-state index in [2.05, 4.69) is 27.1 Å².